The van der Waals surface area contributed by atoms with Crippen LogP contribution in [0.15, 0.2) is 15.8 Å². The van der Waals surface area contributed by atoms with Crippen molar-refractivity contribution in [3.8, 4) is 11.8 Å². The number of hydrogen-bond donors (Lipinski definition) is 3. The molecule has 2 heterocycles. The van der Waals surface area contributed by atoms with Crippen LogP contribution in [0.1, 0.15) is 82.9 Å². The highest BCUT2D eigenvalue weighted by Crippen LogP contribution is 2.30. The molecule has 0 radical (unpaired) electrons. The molecule has 1 aromatic heterocycles. The normalized spacial score (nSPS) is 23.3. The van der Waals surface area contributed by atoms with E-state index < -0.39 is 42.5 Å². The molecule has 2 rings (SSSR count). The van der Waals surface area contributed by atoms with Crippen LogP contribution in [-0.4, -0.2) is 44.8 Å². The third-order valence-corrected chi connectivity index (χ3v) is 5.34. The van der Waals surface area contributed by atoms with Gasteiger partial charge >= 0.3 is 5.69 Å². The van der Waals surface area contributed by atoms with E-state index in [2.05, 4.69) is 23.7 Å². The molecular weight excluding hydrogens is 391 g/mol. The van der Waals surface area contributed by atoms with Crippen LogP contribution in [0.25, 0.3) is 0 Å². The van der Waals surface area contributed by atoms with Gasteiger partial charge in [-0.1, -0.05) is 70.1 Å². The molecule has 1 aliphatic rings. The fourth-order valence-electron chi connectivity index (χ4n) is 3.52. The van der Waals surface area contributed by atoms with Crippen LogP contribution in [0.4, 0.5) is 4.39 Å². The number of ether oxygens (including phenoxy) is 1. The lowest BCUT2D eigenvalue weighted by Gasteiger charge is -2.15. The quantitative estimate of drug-likeness (QED) is 0.374. The van der Waals surface area contributed by atoms with E-state index in [-0.39, 0.29) is 5.56 Å². The second-order valence-electron chi connectivity index (χ2n) is 7.77. The van der Waals surface area contributed by atoms with Gasteiger partial charge in [0.25, 0.3) is 5.56 Å². The molecule has 7 nitrogen and oxygen atoms in total. The summed E-state index contributed by atoms with van der Waals surface area (Å²) in [6.45, 7) is 1.63. The topological polar surface area (TPSA) is 105 Å². The Kier molecular flexibility index (Phi) is 10.3. The Morgan fingerprint density at radius 2 is 1.77 bits per heavy atom. The molecular formula is C22H33FN2O5. The number of aliphatic hydroxyl groups excluding tert-OH is 2. The molecule has 8 heteroatoms. The van der Waals surface area contributed by atoms with Gasteiger partial charge in [-0.3, -0.25) is 14.3 Å². The van der Waals surface area contributed by atoms with Crippen LogP contribution in [0, 0.1) is 11.8 Å². The number of nitrogens with one attached hydrogen (secondary N) is 1. The van der Waals surface area contributed by atoms with Gasteiger partial charge in [0.1, 0.15) is 17.8 Å². The van der Waals surface area contributed by atoms with Crippen LogP contribution >= 0.6 is 0 Å². The molecule has 168 valence electrons. The van der Waals surface area contributed by atoms with E-state index in [1.54, 1.807) is 0 Å². The summed E-state index contributed by atoms with van der Waals surface area (Å²) >= 11 is 0. The van der Waals surface area contributed by atoms with E-state index in [9.17, 15) is 19.1 Å². The van der Waals surface area contributed by atoms with Gasteiger partial charge in [0.15, 0.2) is 12.4 Å². The fraction of sp³-hybridized carbons (Fsp3) is 0.727. The van der Waals surface area contributed by atoms with Crippen molar-refractivity contribution in [3.63, 3.8) is 0 Å². The standard InChI is InChI=1S/C22H33FN2O5/c1-2-3-4-5-6-7-8-9-10-11-12-13-16-14-25(22(29)24-20(16)28)21-18(23)19(27)17(15-26)30-21/h14,17-19,21,26-27H,2-11,15H2,1H3,(H,24,28,29)/t17-,18-,19-,21-/m1/s1. The molecule has 0 amide bonds. The van der Waals surface area contributed by atoms with E-state index in [0.717, 1.165) is 23.6 Å². The summed E-state index contributed by atoms with van der Waals surface area (Å²) in [7, 11) is 0. The number of aliphatic hydroxyl groups is 2. The van der Waals surface area contributed by atoms with Crippen molar-refractivity contribution in [1.82, 2.24) is 9.55 Å². The number of hydrogen-bond acceptors (Lipinski definition) is 5. The third kappa shape index (κ3) is 6.79. The summed E-state index contributed by atoms with van der Waals surface area (Å²) in [4.78, 5) is 26.1. The second kappa shape index (κ2) is 12.7. The summed E-state index contributed by atoms with van der Waals surface area (Å²) in [5.41, 5.74) is -1.48. The van der Waals surface area contributed by atoms with Gasteiger partial charge in [-0.2, -0.15) is 0 Å². The predicted octanol–water partition coefficient (Wildman–Crippen LogP) is 2.40. The molecule has 0 spiro atoms. The highest BCUT2D eigenvalue weighted by molar-refractivity contribution is 5.29. The summed E-state index contributed by atoms with van der Waals surface area (Å²) in [6.07, 6.45) is 6.61. The predicted molar refractivity (Wildman–Crippen MR) is 112 cm³/mol. The molecule has 0 saturated carbocycles. The Morgan fingerprint density at radius 1 is 1.13 bits per heavy atom. The van der Waals surface area contributed by atoms with Crippen LogP contribution in [0.3, 0.4) is 0 Å². The van der Waals surface area contributed by atoms with Gasteiger partial charge in [0.05, 0.1) is 6.61 Å². The lowest BCUT2D eigenvalue weighted by atomic mass is 10.1. The first-order chi connectivity index (χ1) is 14.5. The van der Waals surface area contributed by atoms with E-state index in [1.165, 1.54) is 44.9 Å². The van der Waals surface area contributed by atoms with E-state index in [0.29, 0.717) is 6.42 Å². The lowest BCUT2D eigenvalue weighted by Crippen LogP contribution is -2.37. The largest absolute Gasteiger partial charge is 0.394 e. The van der Waals surface area contributed by atoms with Crippen LogP contribution in [0.2, 0.25) is 0 Å². The Bertz CT molecular complexity index is 825. The Labute approximate surface area is 176 Å². The maximum Gasteiger partial charge on any atom is 0.330 e. The molecule has 1 saturated heterocycles. The first-order valence-electron chi connectivity index (χ1n) is 10.9. The number of H-pyrrole nitrogens is 1. The number of unbranched alkanes of at least 4 members (excludes halogenated alkanes) is 9. The van der Waals surface area contributed by atoms with Crippen LogP contribution in [-0.2, 0) is 4.74 Å². The smallest absolute Gasteiger partial charge is 0.330 e. The lowest BCUT2D eigenvalue weighted by molar-refractivity contribution is -0.0491. The molecule has 3 N–H and O–H groups in total. The maximum absolute atomic E-state index is 14.3. The van der Waals surface area contributed by atoms with Crippen LogP contribution < -0.4 is 11.2 Å². The minimum Gasteiger partial charge on any atom is -0.394 e. The number of rotatable bonds is 11. The van der Waals surface area contributed by atoms with E-state index >= 15 is 0 Å². The molecule has 0 aliphatic carbocycles. The van der Waals surface area contributed by atoms with Gasteiger partial charge in [-0.15, -0.1) is 0 Å². The molecule has 0 bridgehead atoms. The number of alkyl halides is 1. The number of halogens is 1. The maximum atomic E-state index is 14.3. The van der Waals surface area contributed by atoms with Gasteiger partial charge in [0.2, 0.25) is 0 Å². The fourth-order valence-corrected chi connectivity index (χ4v) is 3.52. The zero-order chi connectivity index (χ0) is 21.9. The van der Waals surface area contributed by atoms with Gasteiger partial charge in [0, 0.05) is 12.6 Å². The summed E-state index contributed by atoms with van der Waals surface area (Å²) in [5, 5.41) is 18.9. The van der Waals surface area contributed by atoms with Gasteiger partial charge in [-0.05, 0) is 6.42 Å². The van der Waals surface area contributed by atoms with Crippen molar-refractivity contribution >= 4 is 0 Å². The highest BCUT2D eigenvalue weighted by Gasteiger charge is 2.45. The molecule has 1 aromatic rings. The second-order valence-corrected chi connectivity index (χ2v) is 7.77. The monoisotopic (exact) mass is 424 g/mol. The SMILES string of the molecule is CCCCCCCCCCCC#Cc1cn([C@@H]2O[C@H](CO)[C@@H](O)[C@H]2F)c(=O)[nH]c1=O. The minimum absolute atomic E-state index is 0.0308. The Balaban J connectivity index is 1.87. The van der Waals surface area contributed by atoms with Gasteiger partial charge < -0.3 is 14.9 Å². The van der Waals surface area contributed by atoms with Crippen molar-refractivity contribution < 1.29 is 19.3 Å². The van der Waals surface area contributed by atoms with E-state index in [1.807, 2.05) is 0 Å². The molecule has 1 aliphatic heterocycles. The average molecular weight is 425 g/mol. The van der Waals surface area contributed by atoms with Gasteiger partial charge in [-0.25, -0.2) is 9.18 Å². The summed E-state index contributed by atoms with van der Waals surface area (Å²) < 4.78 is 20.4. The first kappa shape index (κ1) is 24.3. The number of aromatic amines is 1. The third-order valence-electron chi connectivity index (χ3n) is 5.34. The zero-order valence-corrected chi connectivity index (χ0v) is 17.6. The molecule has 1 fully saturated rings. The summed E-state index contributed by atoms with van der Waals surface area (Å²) in [6, 6.07) is 0. The van der Waals surface area contributed by atoms with E-state index in [4.69, 9.17) is 9.84 Å². The molecule has 0 unspecified atom stereocenters. The number of aromatic nitrogens is 2. The minimum atomic E-state index is -1.91. The zero-order valence-electron chi connectivity index (χ0n) is 17.6. The first-order valence-corrected chi connectivity index (χ1v) is 10.9. The average Bonchev–Trinajstić information content (AvgIpc) is 3.01. The molecule has 4 atom stereocenters. The van der Waals surface area contributed by atoms with Crippen molar-refractivity contribution in [3.05, 3.63) is 32.6 Å². The highest BCUT2D eigenvalue weighted by atomic mass is 19.1. The van der Waals surface area contributed by atoms with Crippen molar-refractivity contribution in [2.75, 3.05) is 6.61 Å². The van der Waals surface area contributed by atoms with Crippen molar-refractivity contribution in [2.24, 2.45) is 0 Å². The number of nitrogens with zero attached hydrogens (tertiary/aromatic N) is 1. The van der Waals surface area contributed by atoms with Crippen molar-refractivity contribution in [1.29, 1.82) is 0 Å². The molecule has 30 heavy (non-hydrogen) atoms. The molecule has 0 aromatic carbocycles. The Hall–Kier alpha value is -1.95. The summed E-state index contributed by atoms with van der Waals surface area (Å²) in [5.74, 6) is 5.67. The Morgan fingerprint density at radius 3 is 2.37 bits per heavy atom. The van der Waals surface area contributed by atoms with Crippen molar-refractivity contribution in [2.45, 2.75) is 95.7 Å². The van der Waals surface area contributed by atoms with Crippen LogP contribution in [0.5, 0.6) is 0 Å².